The van der Waals surface area contributed by atoms with Crippen molar-refractivity contribution in [3.8, 4) is 0 Å². The van der Waals surface area contributed by atoms with E-state index in [1.165, 1.54) is 0 Å². The minimum Gasteiger partial charge on any atom is -0.387 e. The van der Waals surface area contributed by atoms with Crippen LogP contribution in [-0.2, 0) is 0 Å². The highest BCUT2D eigenvalue weighted by Gasteiger charge is 2.44. The van der Waals surface area contributed by atoms with Crippen LogP contribution >= 0.6 is 0 Å². The molecule has 64 valence electrons. The van der Waals surface area contributed by atoms with Crippen LogP contribution in [-0.4, -0.2) is 47.2 Å². The summed E-state index contributed by atoms with van der Waals surface area (Å²) in [5.41, 5.74) is 0. The Labute approximate surface area is 66.8 Å². The van der Waals surface area contributed by atoms with Gasteiger partial charge in [-0.05, 0) is 0 Å². The molecule has 3 heteroatoms. The van der Waals surface area contributed by atoms with Crippen molar-refractivity contribution in [3.05, 3.63) is 0 Å². The Kier molecular flexibility index (Phi) is 1.67. The fourth-order valence-corrected chi connectivity index (χ4v) is 2.45. The van der Waals surface area contributed by atoms with E-state index in [4.69, 9.17) is 5.11 Å². The van der Waals surface area contributed by atoms with Gasteiger partial charge in [-0.15, -0.1) is 0 Å². The topological polar surface area (TPSA) is 40.5 Å². The van der Waals surface area contributed by atoms with Crippen LogP contribution in [0.5, 0.6) is 0 Å². The normalized spacial score (nSPS) is 49.6. The molecule has 0 spiro atoms. The zero-order valence-corrected chi connectivity index (χ0v) is 6.74. The zero-order chi connectivity index (χ0) is 7.90. The maximum absolute atomic E-state index is 9.57. The number of quaternary nitrogens is 1. The molecule has 3 fully saturated rings. The number of nitrogens with zero attached hydrogens (tertiary/aromatic N) is 1. The molecule has 1 unspecified atom stereocenters. The molecule has 11 heavy (non-hydrogen) atoms. The molecule has 3 aliphatic heterocycles. The Balaban J connectivity index is 2.12. The molecule has 0 aromatic carbocycles. The maximum Gasteiger partial charge on any atom is 0.180 e. The summed E-state index contributed by atoms with van der Waals surface area (Å²) >= 11 is 0. The quantitative estimate of drug-likeness (QED) is 0.507. The van der Waals surface area contributed by atoms with Gasteiger partial charge in [0.25, 0.3) is 0 Å². The number of rotatable bonds is 1. The molecule has 0 aromatic heterocycles. The van der Waals surface area contributed by atoms with Gasteiger partial charge in [-0.2, -0.15) is 0 Å². The molecule has 3 nitrogen and oxygen atoms in total. The Morgan fingerprint density at radius 2 is 1.91 bits per heavy atom. The van der Waals surface area contributed by atoms with Crippen molar-refractivity contribution in [2.75, 3.05) is 26.4 Å². The van der Waals surface area contributed by atoms with E-state index in [9.17, 15) is 5.11 Å². The summed E-state index contributed by atoms with van der Waals surface area (Å²) in [6.07, 6.45) is 2.05. The average molecular weight is 158 g/mol. The van der Waals surface area contributed by atoms with Crippen LogP contribution in [0.25, 0.3) is 0 Å². The third-order valence-electron chi connectivity index (χ3n) is 3.37. The highest BCUT2D eigenvalue weighted by Crippen LogP contribution is 2.32. The van der Waals surface area contributed by atoms with E-state index in [1.807, 2.05) is 0 Å². The maximum atomic E-state index is 9.57. The predicted octanol–water partition coefficient (Wildman–Crippen LogP) is -0.463. The lowest BCUT2D eigenvalue weighted by atomic mass is 9.84. The lowest BCUT2D eigenvalue weighted by molar-refractivity contribution is -0.962. The molecule has 0 saturated carbocycles. The van der Waals surface area contributed by atoms with Crippen LogP contribution < -0.4 is 0 Å². The van der Waals surface area contributed by atoms with E-state index < -0.39 is 0 Å². The van der Waals surface area contributed by atoms with Crippen LogP contribution in [0.1, 0.15) is 12.8 Å². The van der Waals surface area contributed by atoms with Crippen LogP contribution in [0, 0.1) is 5.92 Å². The van der Waals surface area contributed by atoms with E-state index in [-0.39, 0.29) is 12.8 Å². The third kappa shape index (κ3) is 1.08. The number of aliphatic hydroxyl groups excluding tert-OH is 2. The zero-order valence-electron chi connectivity index (χ0n) is 6.74. The standard InChI is InChI=1S/C8H16NO2/c10-6-9-3-1-7(2-4-9)8(11)5-9/h7-8,10-11H,1-6H2/q+1. The summed E-state index contributed by atoms with van der Waals surface area (Å²) < 4.78 is 0.748. The minimum atomic E-state index is -0.148. The molecule has 0 amide bonds. The summed E-state index contributed by atoms with van der Waals surface area (Å²) in [5, 5.41) is 18.7. The van der Waals surface area contributed by atoms with Crippen molar-refractivity contribution >= 4 is 0 Å². The van der Waals surface area contributed by atoms with Crippen molar-refractivity contribution in [3.63, 3.8) is 0 Å². The van der Waals surface area contributed by atoms with Gasteiger partial charge < -0.3 is 10.2 Å². The smallest absolute Gasteiger partial charge is 0.180 e. The summed E-state index contributed by atoms with van der Waals surface area (Å²) in [5.74, 6) is 0.529. The summed E-state index contributed by atoms with van der Waals surface area (Å²) in [4.78, 5) is 0. The van der Waals surface area contributed by atoms with Crippen molar-refractivity contribution < 1.29 is 14.7 Å². The number of piperidine rings is 3. The van der Waals surface area contributed by atoms with Gasteiger partial charge in [-0.1, -0.05) is 0 Å². The van der Waals surface area contributed by atoms with E-state index in [1.54, 1.807) is 0 Å². The molecule has 0 aromatic rings. The molecule has 3 heterocycles. The lowest BCUT2D eigenvalue weighted by Crippen LogP contribution is -2.63. The number of fused-ring (bicyclic) bond motifs is 3. The summed E-state index contributed by atoms with van der Waals surface area (Å²) in [6.45, 7) is 3.13. The molecule has 2 N–H and O–H groups in total. The van der Waals surface area contributed by atoms with E-state index in [2.05, 4.69) is 0 Å². The second-order valence-electron chi connectivity index (χ2n) is 4.02. The first kappa shape index (κ1) is 7.53. The number of hydrogen-bond acceptors (Lipinski definition) is 2. The van der Waals surface area contributed by atoms with Gasteiger partial charge in [0.15, 0.2) is 6.73 Å². The average Bonchev–Trinajstić information content (AvgIpc) is 2.06. The molecule has 3 rings (SSSR count). The second-order valence-corrected chi connectivity index (χ2v) is 4.02. The van der Waals surface area contributed by atoms with Gasteiger partial charge in [0.1, 0.15) is 12.6 Å². The highest BCUT2D eigenvalue weighted by atomic mass is 16.3. The van der Waals surface area contributed by atoms with Crippen molar-refractivity contribution in [2.45, 2.75) is 18.9 Å². The first-order valence-corrected chi connectivity index (χ1v) is 4.40. The van der Waals surface area contributed by atoms with Gasteiger partial charge in [0.05, 0.1) is 13.1 Å². The molecular weight excluding hydrogens is 142 g/mol. The number of hydrogen-bond donors (Lipinski definition) is 2. The molecule has 1 atom stereocenters. The summed E-state index contributed by atoms with van der Waals surface area (Å²) in [7, 11) is 0. The van der Waals surface area contributed by atoms with Crippen molar-refractivity contribution in [1.82, 2.24) is 0 Å². The number of aliphatic hydroxyl groups is 2. The Bertz CT molecular complexity index is 152. The largest absolute Gasteiger partial charge is 0.387 e. The molecule has 3 saturated heterocycles. The highest BCUT2D eigenvalue weighted by molar-refractivity contribution is 4.78. The van der Waals surface area contributed by atoms with Gasteiger partial charge in [0, 0.05) is 18.8 Å². The first-order valence-electron chi connectivity index (χ1n) is 4.40. The minimum absolute atomic E-state index is 0.148. The first-order chi connectivity index (χ1) is 5.26. The Morgan fingerprint density at radius 3 is 2.27 bits per heavy atom. The Morgan fingerprint density at radius 1 is 1.27 bits per heavy atom. The predicted molar refractivity (Wildman–Crippen MR) is 40.7 cm³/mol. The van der Waals surface area contributed by atoms with Gasteiger partial charge >= 0.3 is 0 Å². The second kappa shape index (κ2) is 2.44. The van der Waals surface area contributed by atoms with Crippen LogP contribution in [0.15, 0.2) is 0 Å². The van der Waals surface area contributed by atoms with Crippen LogP contribution in [0.4, 0.5) is 0 Å². The summed E-state index contributed by atoms with van der Waals surface area (Å²) in [6, 6.07) is 0. The fourth-order valence-electron chi connectivity index (χ4n) is 2.45. The van der Waals surface area contributed by atoms with E-state index >= 15 is 0 Å². The van der Waals surface area contributed by atoms with E-state index in [0.717, 1.165) is 37.0 Å². The Hall–Kier alpha value is -0.120. The molecular formula is C8H16NO2+. The van der Waals surface area contributed by atoms with Crippen LogP contribution in [0.2, 0.25) is 0 Å². The molecule has 0 aliphatic carbocycles. The molecule has 3 aliphatic rings. The monoisotopic (exact) mass is 158 g/mol. The van der Waals surface area contributed by atoms with E-state index in [0.29, 0.717) is 5.92 Å². The molecule has 0 radical (unpaired) electrons. The van der Waals surface area contributed by atoms with Crippen molar-refractivity contribution in [2.24, 2.45) is 5.92 Å². The fraction of sp³-hybridized carbons (Fsp3) is 1.00. The van der Waals surface area contributed by atoms with Crippen LogP contribution in [0.3, 0.4) is 0 Å². The van der Waals surface area contributed by atoms with Gasteiger partial charge in [-0.3, -0.25) is 4.48 Å². The van der Waals surface area contributed by atoms with Gasteiger partial charge in [-0.25, -0.2) is 0 Å². The van der Waals surface area contributed by atoms with Gasteiger partial charge in [0.2, 0.25) is 0 Å². The third-order valence-corrected chi connectivity index (χ3v) is 3.37. The SMILES string of the molecule is OC[N+]12CCC(CC1)C(O)C2. The van der Waals surface area contributed by atoms with Crippen molar-refractivity contribution in [1.29, 1.82) is 0 Å². The molecule has 2 bridgehead atoms. The lowest BCUT2D eigenvalue weighted by Gasteiger charge is -2.49.